The summed E-state index contributed by atoms with van der Waals surface area (Å²) in [7, 11) is -4.31. The molecule has 0 aromatic heterocycles. The molecule has 0 fully saturated rings. The molecule has 1 rings (SSSR count). The van der Waals surface area contributed by atoms with Crippen LogP contribution >= 0.6 is 15.9 Å². The minimum Gasteiger partial charge on any atom is -0.744 e. The molecule has 13 heavy (non-hydrogen) atoms. The quantitative estimate of drug-likeness (QED) is 0.384. The minimum atomic E-state index is -4.31. The maximum absolute atomic E-state index is 10.4. The zero-order chi connectivity index (χ0) is 8.48. The number of hydrogen-bond donors (Lipinski definition) is 0. The van der Waals surface area contributed by atoms with Crippen molar-refractivity contribution in [1.82, 2.24) is 0 Å². The zero-order valence-corrected chi connectivity index (χ0v) is 13.7. The van der Waals surface area contributed by atoms with Crippen LogP contribution in [0.3, 0.4) is 0 Å². The Balaban J connectivity index is 0. The minimum absolute atomic E-state index is 0. The van der Waals surface area contributed by atoms with Gasteiger partial charge < -0.3 is 4.55 Å². The second-order valence-electron chi connectivity index (χ2n) is 1.91. The summed E-state index contributed by atoms with van der Waals surface area (Å²) >= 11 is 3.05. The van der Waals surface area contributed by atoms with Gasteiger partial charge in [0.25, 0.3) is 0 Å². The average Bonchev–Trinajstić information content (AvgIpc) is 1.86. The third kappa shape index (κ3) is 5.92. The van der Waals surface area contributed by atoms with Crippen LogP contribution in [-0.2, 0) is 10.1 Å². The molecule has 0 bridgehead atoms. The van der Waals surface area contributed by atoms with Crippen LogP contribution in [0.5, 0.6) is 0 Å². The summed E-state index contributed by atoms with van der Waals surface area (Å²) in [5, 5.41) is 0. The summed E-state index contributed by atoms with van der Waals surface area (Å²) in [6.45, 7) is 0. The van der Waals surface area contributed by atoms with E-state index in [1.54, 1.807) is 6.07 Å². The smallest absolute Gasteiger partial charge is 0.744 e. The average molecular weight is 282 g/mol. The van der Waals surface area contributed by atoms with Gasteiger partial charge in [0.2, 0.25) is 0 Å². The Bertz CT molecular complexity index is 366. The van der Waals surface area contributed by atoms with Crippen molar-refractivity contribution in [3.63, 3.8) is 0 Å². The first kappa shape index (κ1) is 17.0. The van der Waals surface area contributed by atoms with E-state index in [9.17, 15) is 13.0 Å². The van der Waals surface area contributed by atoms with Crippen LogP contribution in [0.1, 0.15) is 0 Å². The standard InChI is InChI=1S/C6H5BrO3S.2Na/c7-5-2-1-3-6(4-5)11(8,9)10;;/h1-4H,(H,8,9,10);;/q;2*+1/p-1. The monoisotopic (exact) mass is 281 g/mol. The first-order valence-electron chi connectivity index (χ1n) is 2.71. The number of halogens is 1. The van der Waals surface area contributed by atoms with Crippen molar-refractivity contribution < 1.29 is 72.1 Å². The Morgan fingerprint density at radius 2 is 1.77 bits per heavy atom. The molecule has 0 N–H and O–H groups in total. The molecule has 0 aliphatic heterocycles. The fourth-order valence-corrected chi connectivity index (χ4v) is 1.69. The largest absolute Gasteiger partial charge is 1.00 e. The van der Waals surface area contributed by atoms with Crippen LogP contribution < -0.4 is 59.1 Å². The van der Waals surface area contributed by atoms with Gasteiger partial charge in [-0.05, 0) is 18.2 Å². The van der Waals surface area contributed by atoms with Gasteiger partial charge in [0, 0.05) is 4.47 Å². The molecule has 60 valence electrons. The first-order valence-corrected chi connectivity index (χ1v) is 4.92. The van der Waals surface area contributed by atoms with E-state index >= 15 is 0 Å². The fraction of sp³-hybridized carbons (Fsp3) is 0. The summed E-state index contributed by atoms with van der Waals surface area (Å²) in [5.74, 6) is 0. The summed E-state index contributed by atoms with van der Waals surface area (Å²) in [4.78, 5) is -0.216. The molecule has 0 saturated carbocycles. The predicted molar refractivity (Wildman–Crippen MR) is 42.1 cm³/mol. The van der Waals surface area contributed by atoms with Crippen LogP contribution in [0.15, 0.2) is 33.6 Å². The Morgan fingerprint density at radius 3 is 2.08 bits per heavy atom. The van der Waals surface area contributed by atoms with Crippen LogP contribution in [0, 0.1) is 0 Å². The summed E-state index contributed by atoms with van der Waals surface area (Å²) < 4.78 is 31.8. The van der Waals surface area contributed by atoms with E-state index in [1.807, 2.05) is 0 Å². The van der Waals surface area contributed by atoms with Crippen LogP contribution in [0.4, 0.5) is 0 Å². The Labute approximate surface area is 130 Å². The van der Waals surface area contributed by atoms with Crippen molar-refractivity contribution in [3.05, 3.63) is 28.7 Å². The van der Waals surface area contributed by atoms with Crippen LogP contribution in [0.25, 0.3) is 0 Å². The summed E-state index contributed by atoms with van der Waals surface area (Å²) in [6.07, 6.45) is 0. The van der Waals surface area contributed by atoms with Crippen molar-refractivity contribution in [1.29, 1.82) is 0 Å². The SMILES string of the molecule is O=S(=O)([O-])c1cccc(Br)c1.[Na+].[Na+]. The molecule has 0 aliphatic rings. The van der Waals surface area contributed by atoms with E-state index in [1.165, 1.54) is 18.2 Å². The summed E-state index contributed by atoms with van der Waals surface area (Å²) in [6, 6.07) is 5.67. The third-order valence-electron chi connectivity index (χ3n) is 1.08. The molecule has 0 atom stereocenters. The normalized spacial score (nSPS) is 9.69. The maximum atomic E-state index is 10.4. The van der Waals surface area contributed by atoms with Crippen molar-refractivity contribution in [2.75, 3.05) is 0 Å². The van der Waals surface area contributed by atoms with Crippen molar-refractivity contribution in [3.8, 4) is 0 Å². The topological polar surface area (TPSA) is 57.2 Å². The summed E-state index contributed by atoms with van der Waals surface area (Å²) in [5.41, 5.74) is 0. The Morgan fingerprint density at radius 1 is 1.23 bits per heavy atom. The molecule has 0 radical (unpaired) electrons. The van der Waals surface area contributed by atoms with Gasteiger partial charge in [-0.3, -0.25) is 0 Å². The van der Waals surface area contributed by atoms with E-state index in [-0.39, 0.29) is 64.0 Å². The van der Waals surface area contributed by atoms with Gasteiger partial charge in [-0.15, -0.1) is 0 Å². The second kappa shape index (κ2) is 6.98. The second-order valence-corrected chi connectivity index (χ2v) is 4.21. The molecule has 3 nitrogen and oxygen atoms in total. The molecule has 0 saturated heterocycles. The van der Waals surface area contributed by atoms with Gasteiger partial charge in [-0.1, -0.05) is 22.0 Å². The molecule has 0 unspecified atom stereocenters. The van der Waals surface area contributed by atoms with E-state index in [0.717, 1.165) is 0 Å². The first-order chi connectivity index (χ1) is 5.00. The number of benzene rings is 1. The molecule has 7 heteroatoms. The van der Waals surface area contributed by atoms with Gasteiger partial charge in [0.1, 0.15) is 10.1 Å². The van der Waals surface area contributed by atoms with Crippen molar-refractivity contribution in [2.24, 2.45) is 0 Å². The van der Waals surface area contributed by atoms with Gasteiger partial charge in [-0.2, -0.15) is 0 Å². The van der Waals surface area contributed by atoms with E-state index in [0.29, 0.717) is 4.47 Å². The van der Waals surface area contributed by atoms with Crippen LogP contribution in [-0.4, -0.2) is 13.0 Å². The number of rotatable bonds is 1. The third-order valence-corrected chi connectivity index (χ3v) is 2.41. The molecule has 0 aliphatic carbocycles. The Kier molecular flexibility index (Phi) is 9.14. The molecule has 1 aromatic rings. The zero-order valence-electron chi connectivity index (χ0n) is 7.32. The molecular weight excluding hydrogens is 278 g/mol. The van der Waals surface area contributed by atoms with E-state index in [2.05, 4.69) is 15.9 Å². The van der Waals surface area contributed by atoms with Crippen molar-refractivity contribution >= 4 is 26.0 Å². The molecule has 0 spiro atoms. The Hall–Kier alpha value is 1.61. The van der Waals surface area contributed by atoms with Crippen molar-refractivity contribution in [2.45, 2.75) is 4.90 Å². The van der Waals surface area contributed by atoms with Crippen LogP contribution in [0.2, 0.25) is 0 Å². The molecule has 0 heterocycles. The predicted octanol–water partition coefficient (Wildman–Crippen LogP) is -4.64. The number of hydrogen-bond acceptors (Lipinski definition) is 3. The van der Waals surface area contributed by atoms with Gasteiger partial charge >= 0.3 is 59.1 Å². The molecular formula is C6H4BrNa2O3S+. The fourth-order valence-electron chi connectivity index (χ4n) is 0.623. The van der Waals surface area contributed by atoms with E-state index in [4.69, 9.17) is 0 Å². The van der Waals surface area contributed by atoms with Gasteiger partial charge in [0.15, 0.2) is 0 Å². The maximum Gasteiger partial charge on any atom is 1.00 e. The van der Waals surface area contributed by atoms with Gasteiger partial charge in [-0.25, -0.2) is 8.42 Å². The van der Waals surface area contributed by atoms with E-state index < -0.39 is 10.1 Å². The molecule has 1 aromatic carbocycles. The van der Waals surface area contributed by atoms with Gasteiger partial charge in [0.05, 0.1) is 4.90 Å². The molecule has 0 amide bonds.